The molecule has 21 heavy (non-hydrogen) atoms. The van der Waals surface area contributed by atoms with E-state index in [1.54, 1.807) is 0 Å². The molecule has 1 unspecified atom stereocenters. The summed E-state index contributed by atoms with van der Waals surface area (Å²) in [5, 5.41) is 4.03. The molecule has 2 aromatic heterocycles. The highest BCUT2D eigenvalue weighted by Crippen LogP contribution is 2.24. The van der Waals surface area contributed by atoms with Gasteiger partial charge in [-0.15, -0.1) is 0 Å². The van der Waals surface area contributed by atoms with E-state index in [0.29, 0.717) is 6.54 Å². The van der Waals surface area contributed by atoms with Crippen molar-refractivity contribution < 1.29 is 4.52 Å². The number of aryl methyl sites for hydroxylation is 2. The number of benzene rings is 1. The summed E-state index contributed by atoms with van der Waals surface area (Å²) in [6.07, 6.45) is 0.852. The van der Waals surface area contributed by atoms with Crippen molar-refractivity contribution in [1.29, 1.82) is 0 Å². The van der Waals surface area contributed by atoms with Crippen LogP contribution >= 0.6 is 0 Å². The van der Waals surface area contributed by atoms with E-state index in [1.165, 1.54) is 0 Å². The van der Waals surface area contributed by atoms with Crippen molar-refractivity contribution in [2.75, 3.05) is 0 Å². The molecule has 0 fully saturated rings. The molecule has 0 amide bonds. The minimum absolute atomic E-state index is 0.0714. The number of hydrogen-bond acceptors (Lipinski definition) is 4. The zero-order valence-corrected chi connectivity index (χ0v) is 12.6. The highest BCUT2D eigenvalue weighted by molar-refractivity contribution is 5.76. The lowest BCUT2D eigenvalue weighted by Crippen LogP contribution is -2.16. The molecule has 0 aliphatic heterocycles. The zero-order chi connectivity index (χ0) is 15.0. The largest absolute Gasteiger partial charge is 0.361 e. The Bertz CT molecular complexity index is 752. The lowest BCUT2D eigenvalue weighted by Gasteiger charge is -2.13. The first kappa shape index (κ1) is 13.8. The molecule has 0 spiro atoms. The Morgan fingerprint density at radius 2 is 2.05 bits per heavy atom. The van der Waals surface area contributed by atoms with Gasteiger partial charge in [0.1, 0.15) is 11.6 Å². The topological polar surface area (TPSA) is 69.9 Å². The van der Waals surface area contributed by atoms with Crippen LogP contribution in [0, 0.1) is 13.8 Å². The van der Waals surface area contributed by atoms with Gasteiger partial charge in [0.2, 0.25) is 0 Å². The second-order valence-electron chi connectivity index (χ2n) is 5.36. The maximum absolute atomic E-state index is 6.24. The molecule has 0 saturated carbocycles. The van der Waals surface area contributed by atoms with Gasteiger partial charge < -0.3 is 14.8 Å². The van der Waals surface area contributed by atoms with Crippen LogP contribution in [0.4, 0.5) is 0 Å². The van der Waals surface area contributed by atoms with Crippen LogP contribution in [0.2, 0.25) is 0 Å². The molecule has 2 N–H and O–H groups in total. The number of aromatic nitrogens is 3. The van der Waals surface area contributed by atoms with E-state index < -0.39 is 0 Å². The van der Waals surface area contributed by atoms with Crippen molar-refractivity contribution in [3.63, 3.8) is 0 Å². The highest BCUT2D eigenvalue weighted by atomic mass is 16.5. The van der Waals surface area contributed by atoms with Gasteiger partial charge in [-0.05, 0) is 32.4 Å². The summed E-state index contributed by atoms with van der Waals surface area (Å²) < 4.78 is 7.44. The Kier molecular flexibility index (Phi) is 3.51. The van der Waals surface area contributed by atoms with Crippen LogP contribution in [0.15, 0.2) is 28.8 Å². The van der Waals surface area contributed by atoms with E-state index in [4.69, 9.17) is 15.2 Å². The maximum atomic E-state index is 6.24. The molecule has 5 nitrogen and oxygen atoms in total. The van der Waals surface area contributed by atoms with E-state index in [-0.39, 0.29) is 6.04 Å². The third-order valence-corrected chi connectivity index (χ3v) is 3.95. The maximum Gasteiger partial charge on any atom is 0.138 e. The average Bonchev–Trinajstić information content (AvgIpc) is 3.02. The molecule has 0 saturated heterocycles. The van der Waals surface area contributed by atoms with Crippen LogP contribution in [0.25, 0.3) is 11.0 Å². The molecular weight excluding hydrogens is 264 g/mol. The van der Waals surface area contributed by atoms with E-state index in [9.17, 15) is 0 Å². The molecule has 0 radical (unpaired) electrons. The molecule has 5 heteroatoms. The summed E-state index contributed by atoms with van der Waals surface area (Å²) in [5.74, 6) is 1.76. The van der Waals surface area contributed by atoms with Gasteiger partial charge >= 0.3 is 0 Å². The highest BCUT2D eigenvalue weighted by Gasteiger charge is 2.18. The van der Waals surface area contributed by atoms with Crippen LogP contribution in [-0.4, -0.2) is 14.7 Å². The van der Waals surface area contributed by atoms with Gasteiger partial charge in [0, 0.05) is 5.56 Å². The predicted octanol–water partition coefficient (Wildman–Crippen LogP) is 3.10. The Labute approximate surface area is 123 Å². The molecule has 2 heterocycles. The van der Waals surface area contributed by atoms with Crippen molar-refractivity contribution in [1.82, 2.24) is 14.7 Å². The van der Waals surface area contributed by atoms with E-state index in [0.717, 1.165) is 40.3 Å². The SMILES string of the molecule is CCC(N)c1nc2ccccc2n1Cc1c(C)noc1C. The zero-order valence-electron chi connectivity index (χ0n) is 12.6. The normalized spacial score (nSPS) is 13.0. The fourth-order valence-electron chi connectivity index (χ4n) is 2.61. The summed E-state index contributed by atoms with van der Waals surface area (Å²) in [7, 11) is 0. The summed E-state index contributed by atoms with van der Waals surface area (Å²) in [5.41, 5.74) is 10.3. The number of nitrogens with zero attached hydrogens (tertiary/aromatic N) is 3. The molecule has 1 aromatic carbocycles. The van der Waals surface area contributed by atoms with Crippen molar-refractivity contribution in [3.05, 3.63) is 47.1 Å². The second-order valence-corrected chi connectivity index (χ2v) is 5.36. The van der Waals surface area contributed by atoms with E-state index in [2.05, 4.69) is 22.7 Å². The number of imidazole rings is 1. The molecule has 0 aliphatic rings. The van der Waals surface area contributed by atoms with Gasteiger partial charge in [-0.1, -0.05) is 24.2 Å². The van der Waals surface area contributed by atoms with Gasteiger partial charge in [0.05, 0.1) is 29.3 Å². The third kappa shape index (κ3) is 2.34. The molecule has 0 bridgehead atoms. The first-order valence-corrected chi connectivity index (χ1v) is 7.24. The van der Waals surface area contributed by atoms with Crippen molar-refractivity contribution in [2.24, 2.45) is 5.73 Å². The number of fused-ring (bicyclic) bond motifs is 1. The molecule has 0 aliphatic carbocycles. The van der Waals surface area contributed by atoms with Gasteiger partial charge in [-0.2, -0.15) is 0 Å². The molecule has 1 atom stereocenters. The molecular formula is C16H20N4O. The minimum atomic E-state index is -0.0714. The average molecular weight is 284 g/mol. The third-order valence-electron chi connectivity index (χ3n) is 3.95. The Balaban J connectivity index is 2.15. The van der Waals surface area contributed by atoms with Crippen molar-refractivity contribution >= 4 is 11.0 Å². The van der Waals surface area contributed by atoms with E-state index >= 15 is 0 Å². The Morgan fingerprint density at radius 1 is 1.29 bits per heavy atom. The lowest BCUT2D eigenvalue weighted by molar-refractivity contribution is 0.392. The standard InChI is InChI=1S/C16H20N4O/c1-4-13(17)16-18-14-7-5-6-8-15(14)20(16)9-12-10(2)19-21-11(12)3/h5-8,13H,4,9,17H2,1-3H3. The number of para-hydroxylation sites is 2. The van der Waals surface area contributed by atoms with Crippen LogP contribution in [0.1, 0.15) is 42.2 Å². The van der Waals surface area contributed by atoms with Gasteiger partial charge in [-0.3, -0.25) is 0 Å². The monoisotopic (exact) mass is 284 g/mol. The first-order chi connectivity index (χ1) is 10.1. The Morgan fingerprint density at radius 3 is 2.71 bits per heavy atom. The molecule has 110 valence electrons. The van der Waals surface area contributed by atoms with Crippen LogP contribution in [0.3, 0.4) is 0 Å². The van der Waals surface area contributed by atoms with Crippen LogP contribution in [0.5, 0.6) is 0 Å². The fourth-order valence-corrected chi connectivity index (χ4v) is 2.61. The Hall–Kier alpha value is -2.14. The summed E-state index contributed by atoms with van der Waals surface area (Å²) >= 11 is 0. The van der Waals surface area contributed by atoms with Crippen molar-refractivity contribution in [3.8, 4) is 0 Å². The summed E-state index contributed by atoms with van der Waals surface area (Å²) in [6, 6.07) is 8.04. The van der Waals surface area contributed by atoms with Gasteiger partial charge in [0.25, 0.3) is 0 Å². The summed E-state index contributed by atoms with van der Waals surface area (Å²) in [6.45, 7) is 6.66. The van der Waals surface area contributed by atoms with Crippen molar-refractivity contribution in [2.45, 2.75) is 39.8 Å². The predicted molar refractivity (Wildman–Crippen MR) is 82.0 cm³/mol. The second kappa shape index (κ2) is 5.33. The number of hydrogen-bond donors (Lipinski definition) is 1. The van der Waals surface area contributed by atoms with Crippen LogP contribution < -0.4 is 5.73 Å². The fraction of sp³-hybridized carbons (Fsp3) is 0.375. The summed E-state index contributed by atoms with van der Waals surface area (Å²) in [4.78, 5) is 4.71. The van der Waals surface area contributed by atoms with Gasteiger partial charge in [-0.25, -0.2) is 4.98 Å². The molecule has 3 aromatic rings. The molecule has 3 rings (SSSR count). The van der Waals surface area contributed by atoms with E-state index in [1.807, 2.05) is 32.0 Å². The van der Waals surface area contributed by atoms with Gasteiger partial charge in [0.15, 0.2) is 0 Å². The van der Waals surface area contributed by atoms with Crippen LogP contribution in [-0.2, 0) is 6.54 Å². The lowest BCUT2D eigenvalue weighted by atomic mass is 10.2. The number of nitrogens with two attached hydrogens (primary N) is 1. The smallest absolute Gasteiger partial charge is 0.138 e. The quantitative estimate of drug-likeness (QED) is 0.799. The first-order valence-electron chi connectivity index (χ1n) is 7.24. The number of rotatable bonds is 4. The minimum Gasteiger partial charge on any atom is -0.361 e.